The zero-order chi connectivity index (χ0) is 17.3. The number of rotatable bonds is 0. The molecule has 0 aliphatic heterocycles. The van der Waals surface area contributed by atoms with E-state index in [4.69, 9.17) is 0 Å². The van der Waals surface area contributed by atoms with Crippen molar-refractivity contribution in [3.05, 3.63) is 69.2 Å². The Hall–Kier alpha value is -1.94. The Bertz CT molecular complexity index is 728. The molecule has 0 amide bonds. The molecule has 0 saturated heterocycles. The summed E-state index contributed by atoms with van der Waals surface area (Å²) in [5, 5.41) is 0. The average Bonchev–Trinajstić information content (AvgIpc) is 2.44. The quantitative estimate of drug-likeness (QED) is 0.387. The maximum atomic E-state index is 12.7. The second-order valence-corrected chi connectivity index (χ2v) is 5.47. The predicted molar refractivity (Wildman–Crippen MR) is 76.6 cm³/mol. The van der Waals surface area contributed by atoms with Gasteiger partial charge in [-0.1, -0.05) is 27.8 Å². The Kier molecular flexibility index (Phi) is 4.76. The first-order valence-electron chi connectivity index (χ1n) is 6.13. The van der Waals surface area contributed by atoms with Crippen LogP contribution in [0.1, 0.15) is 22.3 Å². The van der Waals surface area contributed by atoms with Crippen molar-refractivity contribution in [2.24, 2.45) is 0 Å². The van der Waals surface area contributed by atoms with Gasteiger partial charge in [-0.25, -0.2) is 0 Å². The number of alkyl halides is 6. The second-order valence-electron chi connectivity index (χ2n) is 4.55. The van der Waals surface area contributed by atoms with Crippen molar-refractivity contribution in [3.8, 4) is 11.8 Å². The molecule has 0 saturated carbocycles. The fourth-order valence-corrected chi connectivity index (χ4v) is 1.97. The summed E-state index contributed by atoms with van der Waals surface area (Å²) in [6.07, 6.45) is -9.76. The van der Waals surface area contributed by atoms with Gasteiger partial charge in [0.2, 0.25) is 0 Å². The second kappa shape index (κ2) is 6.28. The normalized spacial score (nSPS) is 11.8. The topological polar surface area (TPSA) is 0 Å². The summed E-state index contributed by atoms with van der Waals surface area (Å²) >= 11 is 3.21. The van der Waals surface area contributed by atoms with E-state index in [0.29, 0.717) is 17.7 Å². The highest BCUT2D eigenvalue weighted by atomic mass is 79.9. The van der Waals surface area contributed by atoms with Gasteiger partial charge in [0.1, 0.15) is 0 Å². The molecular weight excluding hydrogens is 386 g/mol. The predicted octanol–water partition coefficient (Wildman–Crippen LogP) is 5.89. The molecule has 0 unspecified atom stereocenters. The molecule has 0 N–H and O–H groups in total. The van der Waals surface area contributed by atoms with Crippen LogP contribution in [0.5, 0.6) is 0 Å². The number of hydrogen-bond acceptors (Lipinski definition) is 0. The van der Waals surface area contributed by atoms with Gasteiger partial charge in [0.25, 0.3) is 0 Å². The van der Waals surface area contributed by atoms with Crippen molar-refractivity contribution in [2.45, 2.75) is 12.4 Å². The van der Waals surface area contributed by atoms with Crippen molar-refractivity contribution in [3.63, 3.8) is 0 Å². The van der Waals surface area contributed by atoms with Crippen molar-refractivity contribution in [1.29, 1.82) is 0 Å². The molecule has 0 aromatic heterocycles. The molecule has 0 atom stereocenters. The third-order valence-corrected chi connectivity index (χ3v) is 3.31. The Labute approximate surface area is 136 Å². The van der Waals surface area contributed by atoms with Gasteiger partial charge in [0.05, 0.1) is 11.1 Å². The van der Waals surface area contributed by atoms with Crippen LogP contribution < -0.4 is 0 Å². The van der Waals surface area contributed by atoms with Gasteiger partial charge >= 0.3 is 12.4 Å². The maximum absolute atomic E-state index is 12.7. The molecule has 0 aliphatic carbocycles. The number of hydrogen-bond donors (Lipinski definition) is 0. The molecule has 120 valence electrons. The molecule has 0 aliphatic rings. The molecule has 0 radical (unpaired) electrons. The summed E-state index contributed by atoms with van der Waals surface area (Å²) in [7, 11) is 0. The minimum atomic E-state index is -4.88. The summed E-state index contributed by atoms with van der Waals surface area (Å²) in [6.45, 7) is 0. The van der Waals surface area contributed by atoms with Crippen LogP contribution in [0.25, 0.3) is 0 Å². The Morgan fingerprint density at radius 1 is 0.652 bits per heavy atom. The molecule has 2 aromatic rings. The first-order chi connectivity index (χ1) is 10.6. The monoisotopic (exact) mass is 392 g/mol. The molecule has 2 aromatic carbocycles. The van der Waals surface area contributed by atoms with Gasteiger partial charge in [-0.3, -0.25) is 0 Å². The Balaban J connectivity index is 2.48. The molecule has 0 heterocycles. The highest BCUT2D eigenvalue weighted by Crippen LogP contribution is 2.36. The third kappa shape index (κ3) is 4.76. The van der Waals surface area contributed by atoms with Crippen LogP contribution in [0.2, 0.25) is 0 Å². The van der Waals surface area contributed by atoms with Crippen molar-refractivity contribution in [1.82, 2.24) is 0 Å². The van der Waals surface area contributed by atoms with E-state index in [-0.39, 0.29) is 11.6 Å². The van der Waals surface area contributed by atoms with E-state index in [9.17, 15) is 26.3 Å². The van der Waals surface area contributed by atoms with E-state index >= 15 is 0 Å². The van der Waals surface area contributed by atoms with Crippen molar-refractivity contribution in [2.75, 3.05) is 0 Å². The fourth-order valence-electron chi connectivity index (χ4n) is 1.70. The fraction of sp³-hybridized carbons (Fsp3) is 0.125. The number of halogens is 7. The summed E-state index contributed by atoms with van der Waals surface area (Å²) in [4.78, 5) is 0. The minimum Gasteiger partial charge on any atom is -0.166 e. The highest BCUT2D eigenvalue weighted by Gasteiger charge is 2.36. The largest absolute Gasteiger partial charge is 0.416 e. The van der Waals surface area contributed by atoms with Crippen LogP contribution in [0.4, 0.5) is 26.3 Å². The SMILES string of the molecule is FC(F)(F)c1cc(C#Cc2ccc(Br)cc2)cc(C(F)(F)F)c1. The average molecular weight is 393 g/mol. The summed E-state index contributed by atoms with van der Waals surface area (Å²) in [5.41, 5.74) is -2.64. The summed E-state index contributed by atoms with van der Waals surface area (Å²) < 4.78 is 77.1. The lowest BCUT2D eigenvalue weighted by Crippen LogP contribution is -2.11. The zero-order valence-corrected chi connectivity index (χ0v) is 12.8. The lowest BCUT2D eigenvalue weighted by molar-refractivity contribution is -0.143. The third-order valence-electron chi connectivity index (χ3n) is 2.78. The molecule has 2 rings (SSSR count). The lowest BCUT2D eigenvalue weighted by Gasteiger charge is -2.12. The molecular formula is C16H7BrF6. The van der Waals surface area contributed by atoms with E-state index in [2.05, 4.69) is 27.8 Å². The van der Waals surface area contributed by atoms with Crippen LogP contribution in [0.3, 0.4) is 0 Å². The van der Waals surface area contributed by atoms with Gasteiger partial charge in [0, 0.05) is 15.6 Å². The van der Waals surface area contributed by atoms with E-state index in [1.54, 1.807) is 24.3 Å². The maximum Gasteiger partial charge on any atom is 0.416 e. The first-order valence-corrected chi connectivity index (χ1v) is 6.92. The summed E-state index contributed by atoms with van der Waals surface area (Å²) in [6, 6.07) is 7.78. The van der Waals surface area contributed by atoms with Gasteiger partial charge in [-0.2, -0.15) is 26.3 Å². The van der Waals surface area contributed by atoms with Crippen LogP contribution in [-0.4, -0.2) is 0 Å². The van der Waals surface area contributed by atoms with Crippen LogP contribution in [0, 0.1) is 11.8 Å². The molecule has 0 bridgehead atoms. The van der Waals surface area contributed by atoms with Crippen molar-refractivity contribution < 1.29 is 26.3 Å². The van der Waals surface area contributed by atoms with Gasteiger partial charge in [-0.15, -0.1) is 0 Å². The first kappa shape index (κ1) is 17.4. The standard InChI is InChI=1S/C16H7BrF6/c17-14-5-3-10(4-6-14)1-2-11-7-12(15(18,19)20)9-13(8-11)16(21,22)23/h3-9H. The molecule has 0 nitrogen and oxygen atoms in total. The van der Waals surface area contributed by atoms with E-state index in [1.165, 1.54) is 0 Å². The highest BCUT2D eigenvalue weighted by molar-refractivity contribution is 9.10. The van der Waals surface area contributed by atoms with Crippen LogP contribution in [0.15, 0.2) is 46.9 Å². The van der Waals surface area contributed by atoms with Crippen molar-refractivity contribution >= 4 is 15.9 Å². The van der Waals surface area contributed by atoms with Gasteiger partial charge in [-0.05, 0) is 42.5 Å². The number of benzene rings is 2. The van der Waals surface area contributed by atoms with Gasteiger partial charge < -0.3 is 0 Å². The van der Waals surface area contributed by atoms with E-state index < -0.39 is 23.5 Å². The summed E-state index contributed by atoms with van der Waals surface area (Å²) in [5.74, 6) is 4.88. The zero-order valence-electron chi connectivity index (χ0n) is 11.2. The minimum absolute atomic E-state index is 0.0742. The molecule has 0 spiro atoms. The molecule has 23 heavy (non-hydrogen) atoms. The Morgan fingerprint density at radius 3 is 1.52 bits per heavy atom. The van der Waals surface area contributed by atoms with E-state index in [0.717, 1.165) is 4.47 Å². The molecule has 7 heteroatoms. The lowest BCUT2D eigenvalue weighted by atomic mass is 10.0. The van der Waals surface area contributed by atoms with E-state index in [1.807, 2.05) is 0 Å². The van der Waals surface area contributed by atoms with Gasteiger partial charge in [0.15, 0.2) is 0 Å². The molecule has 0 fully saturated rings. The Morgan fingerprint density at radius 2 is 1.09 bits per heavy atom. The smallest absolute Gasteiger partial charge is 0.166 e. The van der Waals surface area contributed by atoms with Crippen LogP contribution >= 0.6 is 15.9 Å². The van der Waals surface area contributed by atoms with Crippen LogP contribution in [-0.2, 0) is 12.4 Å².